The van der Waals surface area contributed by atoms with E-state index >= 15 is 0 Å². The van der Waals surface area contributed by atoms with E-state index in [1.54, 1.807) is 12.4 Å². The topological polar surface area (TPSA) is 30.7 Å². The van der Waals surface area contributed by atoms with E-state index in [0.29, 0.717) is 0 Å². The molecular weight excluding hydrogens is 739 g/mol. The summed E-state index contributed by atoms with van der Waals surface area (Å²) in [5.41, 5.74) is 12.7. The van der Waals surface area contributed by atoms with E-state index < -0.39 is 0 Å². The molecule has 0 atom stereocenters. The van der Waals surface area contributed by atoms with Crippen molar-refractivity contribution in [3.63, 3.8) is 0 Å². The molecule has 0 N–H and O–H groups in total. The number of benzene rings is 11. The highest BCUT2D eigenvalue weighted by Crippen LogP contribution is 2.43. The van der Waals surface area contributed by atoms with Gasteiger partial charge in [0.15, 0.2) is 0 Å². The lowest BCUT2D eigenvalue weighted by Gasteiger charge is -2.17. The Bertz CT molecular complexity index is 3860. The van der Waals surface area contributed by atoms with E-state index in [4.69, 9.17) is 9.97 Å². The summed E-state index contributed by atoms with van der Waals surface area (Å²) in [7, 11) is 0. The Morgan fingerprint density at radius 3 is 1.23 bits per heavy atom. The zero-order valence-corrected chi connectivity index (χ0v) is 33.0. The molecule has 0 bridgehead atoms. The summed E-state index contributed by atoms with van der Waals surface area (Å²) in [6.45, 7) is 0. The summed E-state index contributed by atoms with van der Waals surface area (Å²) in [5.74, 6) is 0. The standard InChI is InChI=1S/C58H35N3/c1-2-16-52-47(13-1)48-32-31-36(35-53(48)58-57(52)59-33-34-60-58)37-17-7-19-39-38(37)18-8-20-40(39)41-21-9-23-43-42(41)22-10-24-44(43)45-25-11-27-49-46(45)26-12-30-56(49)61-54-28-5-3-14-50(54)51-15-4-6-29-55(51)61/h1-35H. The van der Waals surface area contributed by atoms with Crippen LogP contribution in [-0.2, 0) is 0 Å². The molecule has 0 aliphatic rings. The zero-order chi connectivity index (χ0) is 40.0. The van der Waals surface area contributed by atoms with Crippen molar-refractivity contribution in [1.29, 1.82) is 0 Å². The maximum absolute atomic E-state index is 4.86. The Hall–Kier alpha value is -8.14. The Balaban J connectivity index is 0.976. The van der Waals surface area contributed by atoms with Crippen LogP contribution in [0.4, 0.5) is 0 Å². The van der Waals surface area contributed by atoms with Gasteiger partial charge in [-0.15, -0.1) is 0 Å². The number of hydrogen-bond donors (Lipinski definition) is 0. The van der Waals surface area contributed by atoms with Gasteiger partial charge in [-0.05, 0) is 95.3 Å². The first-order valence-electron chi connectivity index (χ1n) is 20.9. The molecule has 3 nitrogen and oxygen atoms in total. The van der Waals surface area contributed by atoms with Crippen LogP contribution in [0.1, 0.15) is 0 Å². The first kappa shape index (κ1) is 33.8. The predicted molar refractivity (Wildman–Crippen MR) is 258 cm³/mol. The number of aromatic nitrogens is 3. The second-order valence-electron chi connectivity index (χ2n) is 16.0. The molecule has 0 saturated heterocycles. The molecule has 0 spiro atoms. The summed E-state index contributed by atoms with van der Waals surface area (Å²) in [6.07, 6.45) is 3.59. The third-order valence-electron chi connectivity index (χ3n) is 12.9. The Morgan fingerprint density at radius 2 is 0.656 bits per heavy atom. The maximum atomic E-state index is 4.86. The van der Waals surface area contributed by atoms with Crippen LogP contribution in [0.15, 0.2) is 213 Å². The van der Waals surface area contributed by atoms with Crippen molar-refractivity contribution in [3.05, 3.63) is 213 Å². The molecule has 2 aromatic heterocycles. The zero-order valence-electron chi connectivity index (χ0n) is 33.0. The molecule has 2 heterocycles. The highest BCUT2D eigenvalue weighted by Gasteiger charge is 2.18. The number of rotatable bonds is 4. The lowest BCUT2D eigenvalue weighted by atomic mass is 9.88. The molecule has 282 valence electrons. The van der Waals surface area contributed by atoms with Crippen LogP contribution >= 0.6 is 0 Å². The lowest BCUT2D eigenvalue weighted by molar-refractivity contribution is 1.20. The largest absolute Gasteiger partial charge is 0.309 e. The van der Waals surface area contributed by atoms with Crippen LogP contribution in [0.3, 0.4) is 0 Å². The highest BCUT2D eigenvalue weighted by atomic mass is 15.0. The Labute approximate surface area is 351 Å². The van der Waals surface area contributed by atoms with Crippen molar-refractivity contribution < 1.29 is 0 Å². The fourth-order valence-electron chi connectivity index (χ4n) is 10.3. The normalized spacial score (nSPS) is 11.9. The number of fused-ring (bicyclic) bond motifs is 12. The van der Waals surface area contributed by atoms with Gasteiger partial charge >= 0.3 is 0 Å². The Kier molecular flexibility index (Phi) is 7.31. The molecule has 0 aliphatic heterocycles. The van der Waals surface area contributed by atoms with Gasteiger partial charge in [-0.2, -0.15) is 0 Å². The van der Waals surface area contributed by atoms with Crippen LogP contribution in [0.5, 0.6) is 0 Å². The van der Waals surface area contributed by atoms with E-state index in [-0.39, 0.29) is 0 Å². The molecule has 0 fully saturated rings. The summed E-state index contributed by atoms with van der Waals surface area (Å²) in [4.78, 5) is 9.65. The molecule has 61 heavy (non-hydrogen) atoms. The number of nitrogens with zero attached hydrogens (tertiary/aromatic N) is 3. The van der Waals surface area contributed by atoms with E-state index in [0.717, 1.165) is 27.4 Å². The van der Waals surface area contributed by atoms with E-state index in [1.165, 1.54) is 98.4 Å². The van der Waals surface area contributed by atoms with Gasteiger partial charge in [0.1, 0.15) is 0 Å². The first-order chi connectivity index (χ1) is 30.3. The molecule has 0 saturated carbocycles. The van der Waals surface area contributed by atoms with Crippen LogP contribution in [0.25, 0.3) is 126 Å². The molecule has 11 aromatic carbocycles. The van der Waals surface area contributed by atoms with Gasteiger partial charge in [-0.25, -0.2) is 0 Å². The molecule has 0 aliphatic carbocycles. The minimum Gasteiger partial charge on any atom is -0.309 e. The average Bonchev–Trinajstić information content (AvgIpc) is 3.67. The molecule has 3 heteroatoms. The van der Waals surface area contributed by atoms with E-state index in [1.807, 2.05) is 0 Å². The van der Waals surface area contributed by atoms with Crippen LogP contribution < -0.4 is 0 Å². The van der Waals surface area contributed by atoms with Gasteiger partial charge in [0.2, 0.25) is 0 Å². The van der Waals surface area contributed by atoms with Crippen molar-refractivity contribution in [2.45, 2.75) is 0 Å². The molecular formula is C58H35N3. The molecule has 13 aromatic rings. The molecule has 13 rings (SSSR count). The molecule has 0 radical (unpaired) electrons. The summed E-state index contributed by atoms with van der Waals surface area (Å²) < 4.78 is 2.43. The minimum atomic E-state index is 0.930. The van der Waals surface area contributed by atoms with Gasteiger partial charge in [-0.1, -0.05) is 176 Å². The first-order valence-corrected chi connectivity index (χ1v) is 20.9. The van der Waals surface area contributed by atoms with E-state index in [9.17, 15) is 0 Å². The van der Waals surface area contributed by atoms with Gasteiger partial charge < -0.3 is 4.57 Å². The fraction of sp³-hybridized carbons (Fsp3) is 0. The smallest absolute Gasteiger partial charge is 0.0971 e. The Morgan fingerprint density at radius 1 is 0.262 bits per heavy atom. The van der Waals surface area contributed by atoms with E-state index in [2.05, 4.69) is 205 Å². The lowest BCUT2D eigenvalue weighted by Crippen LogP contribution is -1.96. The fourth-order valence-corrected chi connectivity index (χ4v) is 10.3. The number of para-hydroxylation sites is 2. The monoisotopic (exact) mass is 773 g/mol. The van der Waals surface area contributed by atoms with Gasteiger partial charge in [-0.3, -0.25) is 9.97 Å². The van der Waals surface area contributed by atoms with Gasteiger partial charge in [0.05, 0.1) is 27.8 Å². The second-order valence-corrected chi connectivity index (χ2v) is 16.0. The van der Waals surface area contributed by atoms with Gasteiger partial charge in [0.25, 0.3) is 0 Å². The minimum absolute atomic E-state index is 0.930. The quantitative estimate of drug-likeness (QED) is 0.167. The number of hydrogen-bond acceptors (Lipinski definition) is 2. The second kappa shape index (κ2) is 13.2. The summed E-state index contributed by atoms with van der Waals surface area (Å²) >= 11 is 0. The third-order valence-corrected chi connectivity index (χ3v) is 12.9. The predicted octanol–water partition coefficient (Wildman–Crippen LogP) is 15.5. The summed E-state index contributed by atoms with van der Waals surface area (Å²) in [5, 5.41) is 14.5. The van der Waals surface area contributed by atoms with Crippen LogP contribution in [0, 0.1) is 0 Å². The van der Waals surface area contributed by atoms with Crippen molar-refractivity contribution in [2.24, 2.45) is 0 Å². The van der Waals surface area contributed by atoms with Gasteiger partial charge in [0, 0.05) is 39.3 Å². The molecule has 0 unspecified atom stereocenters. The van der Waals surface area contributed by atoms with Crippen molar-refractivity contribution in [2.75, 3.05) is 0 Å². The van der Waals surface area contributed by atoms with Crippen LogP contribution in [0.2, 0.25) is 0 Å². The van der Waals surface area contributed by atoms with Crippen molar-refractivity contribution in [3.8, 4) is 39.1 Å². The van der Waals surface area contributed by atoms with Crippen molar-refractivity contribution in [1.82, 2.24) is 14.5 Å². The van der Waals surface area contributed by atoms with Crippen LogP contribution in [-0.4, -0.2) is 14.5 Å². The average molecular weight is 774 g/mol. The maximum Gasteiger partial charge on any atom is 0.0971 e. The summed E-state index contributed by atoms with van der Waals surface area (Å²) in [6, 6.07) is 73.4. The highest BCUT2D eigenvalue weighted by molar-refractivity contribution is 6.24. The molecule has 0 amide bonds. The SMILES string of the molecule is c1cc(-c2cccc3c(-c4cccc5c(-n6c7ccccc7c7ccccc76)cccc45)cccc23)c2cccc(-c3ccc4c5ccccc5c5nccnc5c4c3)c2c1. The third kappa shape index (κ3) is 4.98. The van der Waals surface area contributed by atoms with Crippen molar-refractivity contribution >= 4 is 86.7 Å².